The molecule has 456 valence electrons. The van der Waals surface area contributed by atoms with Gasteiger partial charge in [0, 0.05) is 0 Å². The Bertz CT molecular complexity index is 5940. The zero-order valence-electron chi connectivity index (χ0n) is 52.9. The van der Waals surface area contributed by atoms with Gasteiger partial charge in [0.25, 0.3) is 0 Å². The molecule has 19 aromatic rings. The number of hydrogen-bond acceptors (Lipinski definition) is 4. The molecule has 0 bridgehead atoms. The van der Waals surface area contributed by atoms with Gasteiger partial charge >= 0.3 is 582 Å². The van der Waals surface area contributed by atoms with Gasteiger partial charge in [-0.2, -0.15) is 0 Å². The summed E-state index contributed by atoms with van der Waals surface area (Å²) in [5, 5.41) is 15.2. The number of nitrogens with zero attached hydrogens (tertiary/aromatic N) is 4. The second-order valence-electron chi connectivity index (χ2n) is 26.2. The molecule has 0 fully saturated rings. The van der Waals surface area contributed by atoms with Crippen LogP contribution in [0.25, 0.3) is 104 Å². The summed E-state index contributed by atoms with van der Waals surface area (Å²) in [5.41, 5.74) is 19.8. The molecule has 0 saturated carbocycles. The second-order valence-corrected chi connectivity index (χ2v) is 30.8. The molecule has 0 saturated heterocycles. The Labute approximate surface area is 578 Å². The van der Waals surface area contributed by atoms with E-state index in [2.05, 4.69) is 323 Å². The molecule has 2 aliphatic rings. The van der Waals surface area contributed by atoms with Crippen LogP contribution < -0.4 is 9.80 Å². The van der Waals surface area contributed by atoms with E-state index in [-0.39, 0.29) is 29.0 Å². The van der Waals surface area contributed by atoms with Crippen LogP contribution in [0.3, 0.4) is 0 Å². The van der Waals surface area contributed by atoms with E-state index in [1.807, 2.05) is 36.9 Å². The minimum atomic E-state index is -0.715. The fourth-order valence-electron chi connectivity index (χ4n) is 17.5. The first-order valence-electron chi connectivity index (χ1n) is 33.6. The molecule has 6 heteroatoms. The fraction of sp³-hybridized carbons (Fsp3) is 0.0217. The van der Waals surface area contributed by atoms with E-state index in [0.29, 0.717) is 0 Å². The molecule has 21 rings (SSSR count). The Morgan fingerprint density at radius 2 is 0.571 bits per heavy atom. The van der Waals surface area contributed by atoms with E-state index in [1.54, 1.807) is 0 Å². The van der Waals surface area contributed by atoms with E-state index in [0.717, 1.165) is 45.0 Å². The van der Waals surface area contributed by atoms with Crippen LogP contribution in [0.2, 0.25) is 0 Å². The quantitative estimate of drug-likeness (QED) is 0.0862. The molecule has 0 atom stereocenters. The summed E-state index contributed by atoms with van der Waals surface area (Å²) < 4.78 is 5.66. The normalized spacial score (nSPS) is 13.8. The minimum absolute atomic E-state index is 0.112. The summed E-state index contributed by atoms with van der Waals surface area (Å²) in [4.78, 5) is 14.6. The molecule has 0 radical (unpaired) electrons. The molecule has 0 unspecified atom stereocenters. The van der Waals surface area contributed by atoms with Crippen molar-refractivity contribution in [1.82, 2.24) is 9.97 Å². The summed E-state index contributed by atoms with van der Waals surface area (Å²) in [6.07, 6.45) is 7.74. The first-order valence-corrected chi connectivity index (χ1v) is 37.0. The van der Waals surface area contributed by atoms with Crippen LogP contribution in [0.4, 0.5) is 34.1 Å². The number of hydrogen-bond donors (Lipinski definition) is 0. The van der Waals surface area contributed by atoms with Gasteiger partial charge in [0.05, 0.1) is 0 Å². The van der Waals surface area contributed by atoms with Crippen LogP contribution in [-0.4, -0.2) is 39.0 Å². The van der Waals surface area contributed by atoms with Crippen LogP contribution in [-0.2, 0) is 10.8 Å². The van der Waals surface area contributed by atoms with Crippen LogP contribution >= 0.6 is 0 Å². The van der Waals surface area contributed by atoms with Crippen molar-refractivity contribution < 1.29 is 0 Å². The van der Waals surface area contributed by atoms with Crippen molar-refractivity contribution in [3.63, 3.8) is 0 Å². The van der Waals surface area contributed by atoms with E-state index < -0.39 is 10.8 Å². The summed E-state index contributed by atoms with van der Waals surface area (Å²) in [6, 6.07) is 120. The molecule has 6 heterocycles. The Morgan fingerprint density at radius 3 is 0.969 bits per heavy atom. The van der Waals surface area contributed by atoms with Gasteiger partial charge in [-0.25, -0.2) is 0 Å². The predicted molar refractivity (Wildman–Crippen MR) is 411 cm³/mol. The van der Waals surface area contributed by atoms with Crippen molar-refractivity contribution in [1.29, 1.82) is 0 Å². The van der Waals surface area contributed by atoms with Gasteiger partial charge in [-0.3, -0.25) is 0 Å². The van der Waals surface area contributed by atoms with Gasteiger partial charge in [0.2, 0.25) is 0 Å². The second kappa shape index (κ2) is 21.5. The molecule has 2 aliphatic heterocycles. The number of anilines is 6. The first-order chi connectivity index (χ1) is 48.6. The van der Waals surface area contributed by atoms with Crippen LogP contribution in [0.5, 0.6) is 0 Å². The topological polar surface area (TPSA) is 32.3 Å². The van der Waals surface area contributed by atoms with Crippen LogP contribution in [0.15, 0.2) is 340 Å². The average molecular weight is 1380 g/mol. The van der Waals surface area contributed by atoms with Gasteiger partial charge in [0.15, 0.2) is 0 Å². The van der Waals surface area contributed by atoms with Gasteiger partial charge < -0.3 is 0 Å². The molecule has 98 heavy (non-hydrogen) atoms. The van der Waals surface area contributed by atoms with Crippen molar-refractivity contribution in [3.05, 3.63) is 385 Å². The van der Waals surface area contributed by atoms with Gasteiger partial charge in [0.1, 0.15) is 0 Å². The average Bonchev–Trinajstić information content (AvgIpc) is 0.917. The summed E-state index contributed by atoms with van der Waals surface area (Å²) in [5.74, 6) is 0. The zero-order chi connectivity index (χ0) is 64.2. The summed E-state index contributed by atoms with van der Waals surface area (Å²) in [7, 11) is 0. The van der Waals surface area contributed by atoms with E-state index in [9.17, 15) is 0 Å². The fourth-order valence-corrected chi connectivity index (χ4v) is 22.2. The Kier molecular flexibility index (Phi) is 12.3. The number of fused-ring (bicyclic) bond motifs is 12. The molecule has 15 aromatic carbocycles. The zero-order valence-corrected chi connectivity index (χ0v) is 56.4. The third kappa shape index (κ3) is 7.83. The standard InChI is InChI=1S/C92H56N4Se2/c1-5-23-61(24-6-1)91(62-25-7-2-8-26-62)75-49-57(59-21-19-47-93-55-59)39-43-81(75)95(83-53-87-73(51-77(83)91)65-31-13-15-37-85(65)97-87)79-45-41-69-68-34-18-36-72-80(46-42-70(90(68)72)67-33-17-35-71(79)89(67)69)96-82-44-40-58(60-22-20-48-94-56-60)50-76(82)92(63-27-9-3-10-28-63,64-29-11-4-12-30-64)78-52-74-66-32-14-16-38-86(66)98-88(74)54-84(78)96/h1-56H. The van der Waals surface area contributed by atoms with E-state index >= 15 is 0 Å². The third-order valence-corrected chi connectivity index (χ3v) is 26.2. The number of benzene rings is 15. The molecule has 0 spiro atoms. The van der Waals surface area contributed by atoms with Crippen LogP contribution in [0.1, 0.15) is 44.5 Å². The Balaban J connectivity index is 0.833. The third-order valence-electron chi connectivity index (χ3n) is 21.5. The molecular formula is C92H56N4Se2. The summed E-state index contributed by atoms with van der Waals surface area (Å²) in [6.45, 7) is 0. The van der Waals surface area contributed by atoms with E-state index in [1.165, 1.54) is 138 Å². The van der Waals surface area contributed by atoms with Gasteiger partial charge in [-0.05, 0) is 0 Å². The SMILES string of the molecule is c1ccc(C2(c3ccccc3)c3cc(-c4cccnc4)ccc3N(c3ccc4c5cccc6c(N7c8ccc(-c9cccnc9)cc8C(c8ccccc8)(c8ccccc8)c8cc9c(cc87)[se]c7ccccc79)ccc(c7cccc3c74)c65)c3cc4[se]c5ccccc5c4cc32)cc1. The Hall–Kier alpha value is -11.5. The van der Waals surface area contributed by atoms with Gasteiger partial charge in [-0.1, -0.05) is 0 Å². The predicted octanol–water partition coefficient (Wildman–Crippen LogP) is 22.9. The molecule has 0 aliphatic carbocycles. The molecule has 4 aromatic heterocycles. The summed E-state index contributed by atoms with van der Waals surface area (Å²) >= 11 is 0.225. The molecular weight excluding hydrogens is 1320 g/mol. The molecule has 0 amide bonds. The first kappa shape index (κ1) is 55.8. The molecule has 0 N–H and O–H groups in total. The van der Waals surface area contributed by atoms with Crippen molar-refractivity contribution in [2.45, 2.75) is 10.8 Å². The Morgan fingerprint density at radius 1 is 0.224 bits per heavy atom. The van der Waals surface area contributed by atoms with Crippen molar-refractivity contribution in [2.75, 3.05) is 9.80 Å². The maximum atomic E-state index is 4.67. The molecule has 4 nitrogen and oxygen atoms in total. The van der Waals surface area contributed by atoms with Crippen molar-refractivity contribution in [2.24, 2.45) is 0 Å². The maximum absolute atomic E-state index is 4.67. The number of aromatic nitrogens is 2. The number of rotatable bonds is 8. The van der Waals surface area contributed by atoms with Crippen molar-refractivity contribution in [3.8, 4) is 22.3 Å². The number of pyridine rings is 2. The monoisotopic (exact) mass is 1380 g/mol. The van der Waals surface area contributed by atoms with Crippen LogP contribution in [0, 0.1) is 0 Å². The van der Waals surface area contributed by atoms with Crippen molar-refractivity contribution >= 4 is 145 Å². The van der Waals surface area contributed by atoms with E-state index in [4.69, 9.17) is 0 Å². The van der Waals surface area contributed by atoms with Gasteiger partial charge in [-0.15, -0.1) is 0 Å².